The van der Waals surface area contributed by atoms with E-state index in [1.807, 2.05) is 6.07 Å². The van der Waals surface area contributed by atoms with Crippen LogP contribution >= 0.6 is 0 Å². The van der Waals surface area contributed by atoms with Crippen molar-refractivity contribution in [1.82, 2.24) is 0 Å². The highest BCUT2D eigenvalue weighted by molar-refractivity contribution is 5.88. The average Bonchev–Trinajstić information content (AvgIpc) is 3.26. The second-order valence-corrected chi connectivity index (χ2v) is 8.33. The lowest BCUT2D eigenvalue weighted by atomic mass is 9.77. The maximum Gasteiger partial charge on any atom is 0.408 e. The van der Waals surface area contributed by atoms with E-state index < -0.39 is 0 Å². The minimum Gasteiger partial charge on any atom is -0.175 e. The largest absolute Gasteiger partial charge is 0.408 e. The fourth-order valence-electron chi connectivity index (χ4n) is 5.52. The van der Waals surface area contributed by atoms with Gasteiger partial charge in [-0.05, 0) is 28.3 Å². The predicted molar refractivity (Wildman–Crippen MR) is 100 cm³/mol. The topological polar surface area (TPSA) is 33.3 Å². The van der Waals surface area contributed by atoms with Crippen molar-refractivity contribution in [3.05, 3.63) is 77.5 Å². The van der Waals surface area contributed by atoms with Crippen molar-refractivity contribution in [1.29, 1.82) is 0 Å². The number of rotatable bonds is 1. The summed E-state index contributed by atoms with van der Waals surface area (Å²) in [5.74, 6) is 0. The van der Waals surface area contributed by atoms with Crippen molar-refractivity contribution in [3.63, 3.8) is 0 Å². The van der Waals surface area contributed by atoms with Crippen molar-refractivity contribution in [2.45, 2.75) is 31.5 Å². The van der Waals surface area contributed by atoms with E-state index in [1.54, 1.807) is 7.11 Å². The van der Waals surface area contributed by atoms with E-state index in [2.05, 4.69) is 73.1 Å². The zero-order valence-corrected chi connectivity index (χ0v) is 15.7. The molecule has 134 valence electrons. The Kier molecular flexibility index (Phi) is 2.67. The Morgan fingerprint density at radius 3 is 2.59 bits per heavy atom. The van der Waals surface area contributed by atoms with Gasteiger partial charge in [0.2, 0.25) is 5.69 Å². The van der Waals surface area contributed by atoms with Gasteiger partial charge in [-0.25, -0.2) is 0 Å². The van der Waals surface area contributed by atoms with Gasteiger partial charge in [-0.2, -0.15) is 10.0 Å². The van der Waals surface area contributed by atoms with E-state index in [9.17, 15) is 5.21 Å². The first-order chi connectivity index (χ1) is 13.0. The molecule has 0 saturated carbocycles. The molecule has 27 heavy (non-hydrogen) atoms. The molecule has 3 unspecified atom stereocenters. The molecule has 1 saturated heterocycles. The number of fused-ring (bicyclic) bond motifs is 10. The third kappa shape index (κ3) is 1.63. The van der Waals surface area contributed by atoms with Gasteiger partial charge in [0.15, 0.2) is 6.20 Å². The Balaban J connectivity index is 1.73. The first-order valence-corrected chi connectivity index (χ1v) is 9.45. The summed E-state index contributed by atoms with van der Waals surface area (Å²) in [6.45, 7) is 4.61. The molecule has 0 bridgehead atoms. The van der Waals surface area contributed by atoms with Crippen LogP contribution in [0.4, 0.5) is 0 Å². The standard InChI is InChI=1S/C23H22N2O2/c1-23(2)17-9-5-4-8-14(17)15-11-12-16-19(20(15)23)18-10-6-7-13-24(18)22-21(16)25(22,26)27-3/h4-13,21-22,26H,1-3H3/q+2. The van der Waals surface area contributed by atoms with Crippen LogP contribution in [0, 0.1) is 0 Å². The lowest BCUT2D eigenvalue weighted by molar-refractivity contribution is -1.21. The van der Waals surface area contributed by atoms with Crippen LogP contribution in [0.1, 0.15) is 42.7 Å². The van der Waals surface area contributed by atoms with E-state index >= 15 is 0 Å². The molecular weight excluding hydrogens is 336 g/mol. The minimum atomic E-state index is -0.388. The molecule has 0 amide bonds. The summed E-state index contributed by atoms with van der Waals surface area (Å²) < 4.78 is 2.18. The third-order valence-corrected chi connectivity index (χ3v) is 6.77. The quantitative estimate of drug-likeness (QED) is 0.400. The first-order valence-electron chi connectivity index (χ1n) is 9.45. The molecule has 2 aliphatic heterocycles. The van der Waals surface area contributed by atoms with Crippen LogP contribution in [0.25, 0.3) is 22.4 Å². The molecule has 2 aromatic carbocycles. The van der Waals surface area contributed by atoms with Gasteiger partial charge in [-0.15, -0.1) is 4.57 Å². The van der Waals surface area contributed by atoms with E-state index in [1.165, 1.54) is 33.4 Å². The van der Waals surface area contributed by atoms with Crippen molar-refractivity contribution in [3.8, 4) is 22.4 Å². The maximum absolute atomic E-state index is 11.0. The van der Waals surface area contributed by atoms with E-state index in [0.29, 0.717) is 0 Å². The lowest BCUT2D eigenvalue weighted by Crippen LogP contribution is -2.42. The number of hydrogen-bond acceptors (Lipinski definition) is 2. The second kappa shape index (κ2) is 4.65. The molecule has 3 aromatic rings. The summed E-state index contributed by atoms with van der Waals surface area (Å²) in [5.41, 5.74) is 8.83. The van der Waals surface area contributed by atoms with Crippen LogP contribution in [0.5, 0.6) is 0 Å². The van der Waals surface area contributed by atoms with Gasteiger partial charge in [0.1, 0.15) is 0 Å². The Bertz CT molecular complexity index is 1140. The predicted octanol–water partition coefficient (Wildman–Crippen LogP) is 4.28. The lowest BCUT2D eigenvalue weighted by Gasteiger charge is -2.25. The molecule has 6 rings (SSSR count). The molecule has 1 N–H and O–H groups in total. The molecule has 1 aliphatic carbocycles. The highest BCUT2D eigenvalue weighted by Crippen LogP contribution is 2.63. The molecule has 4 nitrogen and oxygen atoms in total. The Hall–Kier alpha value is -2.53. The summed E-state index contributed by atoms with van der Waals surface area (Å²) in [7, 11) is 1.58. The van der Waals surface area contributed by atoms with Gasteiger partial charge in [-0.3, -0.25) is 0 Å². The van der Waals surface area contributed by atoms with Gasteiger partial charge in [0.05, 0.1) is 12.7 Å². The smallest absolute Gasteiger partial charge is 0.175 e. The van der Waals surface area contributed by atoms with Crippen LogP contribution in [0.15, 0.2) is 60.8 Å². The minimum absolute atomic E-state index is 0.0882. The van der Waals surface area contributed by atoms with Crippen molar-refractivity contribution in [2.75, 3.05) is 7.11 Å². The zero-order valence-electron chi connectivity index (χ0n) is 15.7. The Morgan fingerprint density at radius 1 is 1.00 bits per heavy atom. The number of nitrogens with zero attached hydrogens (tertiary/aromatic N) is 2. The molecule has 3 atom stereocenters. The number of pyridine rings is 1. The van der Waals surface area contributed by atoms with E-state index in [0.717, 1.165) is 5.69 Å². The molecule has 3 heterocycles. The Morgan fingerprint density at radius 2 is 1.78 bits per heavy atom. The van der Waals surface area contributed by atoms with Crippen LogP contribution < -0.4 is 4.57 Å². The molecule has 1 fully saturated rings. The van der Waals surface area contributed by atoms with E-state index in [4.69, 9.17) is 4.84 Å². The molecule has 3 aliphatic rings. The molecule has 0 radical (unpaired) electrons. The Labute approximate surface area is 158 Å². The first kappa shape index (κ1) is 15.5. The summed E-state index contributed by atoms with van der Waals surface area (Å²) in [6, 6.07) is 19.3. The number of benzene rings is 2. The van der Waals surface area contributed by atoms with Crippen LogP contribution in [0.2, 0.25) is 0 Å². The van der Waals surface area contributed by atoms with E-state index in [-0.39, 0.29) is 22.4 Å². The summed E-state index contributed by atoms with van der Waals surface area (Å²) in [6.07, 6.45) is 1.93. The number of quaternary nitrogens is 1. The highest BCUT2D eigenvalue weighted by Gasteiger charge is 2.82. The summed E-state index contributed by atoms with van der Waals surface area (Å²) >= 11 is 0. The van der Waals surface area contributed by atoms with Gasteiger partial charge in [-0.1, -0.05) is 50.2 Å². The fraction of sp³-hybridized carbons (Fsp3) is 0.261. The second-order valence-electron chi connectivity index (χ2n) is 8.33. The van der Waals surface area contributed by atoms with Crippen LogP contribution in [-0.4, -0.2) is 17.1 Å². The van der Waals surface area contributed by atoms with Gasteiger partial charge < -0.3 is 0 Å². The van der Waals surface area contributed by atoms with Crippen molar-refractivity contribution < 1.29 is 19.4 Å². The van der Waals surface area contributed by atoms with Crippen molar-refractivity contribution >= 4 is 0 Å². The summed E-state index contributed by atoms with van der Waals surface area (Å²) in [5, 5.41) is 11.0. The van der Waals surface area contributed by atoms with Gasteiger partial charge in [0, 0.05) is 27.9 Å². The number of hydrogen-bond donors (Lipinski definition) is 1. The van der Waals surface area contributed by atoms with Crippen LogP contribution in [-0.2, 0) is 10.3 Å². The third-order valence-electron chi connectivity index (χ3n) is 6.77. The summed E-state index contributed by atoms with van der Waals surface area (Å²) in [4.78, 5) is 5.13. The van der Waals surface area contributed by atoms with Gasteiger partial charge in [0.25, 0.3) is 0 Å². The number of hydroxylamine groups is 4. The molecule has 1 aromatic heterocycles. The molecule has 0 spiro atoms. The zero-order chi connectivity index (χ0) is 18.6. The molecule has 4 heteroatoms. The van der Waals surface area contributed by atoms with Crippen LogP contribution in [0.3, 0.4) is 0 Å². The molecular formula is C23H22N2O2+2. The normalized spacial score (nSPS) is 27.9. The van der Waals surface area contributed by atoms with Gasteiger partial charge >= 0.3 is 12.2 Å². The monoisotopic (exact) mass is 358 g/mol. The average molecular weight is 358 g/mol. The maximum atomic E-state index is 11.0. The highest BCUT2D eigenvalue weighted by atomic mass is 17.0. The van der Waals surface area contributed by atoms with Crippen molar-refractivity contribution in [2.24, 2.45) is 0 Å². The number of aromatic nitrogens is 1. The SMILES string of the molecule is CO[N+]1(O)C2c3ccc4c(c3-c3cccc[n+]3C21)C(C)(C)c1ccccc1-4. The fourth-order valence-corrected chi connectivity index (χ4v) is 5.52.